The van der Waals surface area contributed by atoms with E-state index >= 15 is 0 Å². The third-order valence-electron chi connectivity index (χ3n) is 5.81. The van der Waals surface area contributed by atoms with E-state index < -0.39 is 11.6 Å². The lowest BCUT2D eigenvalue weighted by atomic mass is 9.78. The summed E-state index contributed by atoms with van der Waals surface area (Å²) in [6.07, 6.45) is 5.10. The summed E-state index contributed by atoms with van der Waals surface area (Å²) in [6.45, 7) is 0.663. The average molecular weight is 397 g/mol. The first kappa shape index (κ1) is 18.9. The highest BCUT2D eigenvalue weighted by Crippen LogP contribution is 2.35. The molecule has 1 aromatic heterocycles. The van der Waals surface area contributed by atoms with Crippen LogP contribution < -0.4 is 5.32 Å². The van der Waals surface area contributed by atoms with Crippen molar-refractivity contribution in [3.63, 3.8) is 0 Å². The minimum absolute atomic E-state index is 0.0366. The summed E-state index contributed by atoms with van der Waals surface area (Å²) in [4.78, 5) is 27.3. The van der Waals surface area contributed by atoms with Crippen LogP contribution in [0.25, 0.3) is 0 Å². The van der Waals surface area contributed by atoms with Gasteiger partial charge in [-0.1, -0.05) is 42.5 Å². The van der Waals surface area contributed by atoms with Crippen LogP contribution in [0.5, 0.6) is 0 Å². The molecule has 1 aromatic carbocycles. The van der Waals surface area contributed by atoms with Gasteiger partial charge in [0, 0.05) is 24.4 Å². The topological polar surface area (TPSA) is 69.6 Å². The predicted molar refractivity (Wildman–Crippen MR) is 109 cm³/mol. The van der Waals surface area contributed by atoms with Gasteiger partial charge in [0.05, 0.1) is 17.2 Å². The number of allylic oxidation sites excluding steroid dienone is 2. The van der Waals surface area contributed by atoms with Crippen molar-refractivity contribution in [3.05, 3.63) is 70.4 Å². The minimum Gasteiger partial charge on any atom is -0.388 e. The highest BCUT2D eigenvalue weighted by atomic mass is 32.1. The molecule has 0 radical (unpaired) electrons. The van der Waals surface area contributed by atoms with Crippen LogP contribution >= 0.6 is 11.3 Å². The maximum atomic E-state index is 12.9. The average Bonchev–Trinajstić information content (AvgIpc) is 3.44. The second-order valence-electron chi connectivity index (χ2n) is 7.50. The highest BCUT2D eigenvalue weighted by Gasteiger charge is 2.46. The number of likely N-dealkylation sites (tertiary alicyclic amines) is 1. The van der Waals surface area contributed by atoms with Gasteiger partial charge in [-0.15, -0.1) is 0 Å². The SMILES string of the molecule is O=C(N[C@]1(c2ccccc2)CCN(C(=O)c2ccsc2)C[C@H]1O)C1CC=CC1. The molecule has 6 heteroatoms. The molecule has 0 saturated carbocycles. The Morgan fingerprint density at radius 3 is 2.54 bits per heavy atom. The van der Waals surface area contributed by atoms with E-state index in [9.17, 15) is 14.7 Å². The quantitative estimate of drug-likeness (QED) is 0.781. The van der Waals surface area contributed by atoms with E-state index in [1.54, 1.807) is 11.0 Å². The molecule has 2 heterocycles. The van der Waals surface area contributed by atoms with Gasteiger partial charge in [0.2, 0.25) is 5.91 Å². The molecule has 28 heavy (non-hydrogen) atoms. The molecule has 1 fully saturated rings. The van der Waals surface area contributed by atoms with Crippen molar-refractivity contribution in [2.24, 2.45) is 5.92 Å². The predicted octanol–water partition coefficient (Wildman–Crippen LogP) is 2.93. The first-order valence-electron chi connectivity index (χ1n) is 9.62. The molecule has 1 saturated heterocycles. The molecule has 0 bridgehead atoms. The van der Waals surface area contributed by atoms with E-state index in [1.165, 1.54) is 11.3 Å². The van der Waals surface area contributed by atoms with Gasteiger partial charge in [-0.3, -0.25) is 9.59 Å². The van der Waals surface area contributed by atoms with E-state index in [0.29, 0.717) is 18.5 Å². The van der Waals surface area contributed by atoms with Crippen LogP contribution in [0.3, 0.4) is 0 Å². The first-order chi connectivity index (χ1) is 13.6. The molecule has 1 aliphatic carbocycles. The van der Waals surface area contributed by atoms with Crippen LogP contribution in [0.4, 0.5) is 0 Å². The Morgan fingerprint density at radius 2 is 1.89 bits per heavy atom. The summed E-state index contributed by atoms with van der Waals surface area (Å²) in [7, 11) is 0. The zero-order chi connectivity index (χ0) is 19.6. The van der Waals surface area contributed by atoms with Crippen LogP contribution in [-0.2, 0) is 10.3 Å². The second-order valence-corrected chi connectivity index (χ2v) is 8.28. The Labute approximate surface area is 168 Å². The van der Waals surface area contributed by atoms with Crippen molar-refractivity contribution in [3.8, 4) is 0 Å². The number of hydrogen-bond acceptors (Lipinski definition) is 4. The van der Waals surface area contributed by atoms with E-state index in [4.69, 9.17) is 0 Å². The van der Waals surface area contributed by atoms with Crippen LogP contribution in [0.15, 0.2) is 59.3 Å². The molecular weight excluding hydrogens is 372 g/mol. The fourth-order valence-corrected chi connectivity index (χ4v) is 4.76. The van der Waals surface area contributed by atoms with Crippen molar-refractivity contribution < 1.29 is 14.7 Å². The number of nitrogens with one attached hydrogen (secondary N) is 1. The van der Waals surface area contributed by atoms with Gasteiger partial charge in [0.1, 0.15) is 0 Å². The summed E-state index contributed by atoms with van der Waals surface area (Å²) < 4.78 is 0. The van der Waals surface area contributed by atoms with E-state index in [0.717, 1.165) is 18.4 Å². The van der Waals surface area contributed by atoms with Gasteiger partial charge >= 0.3 is 0 Å². The number of β-amino-alcohol motifs (C(OH)–C–C–N with tert-alkyl or cyclic N) is 1. The van der Waals surface area contributed by atoms with Gasteiger partial charge in [-0.05, 0) is 36.3 Å². The lowest BCUT2D eigenvalue weighted by Gasteiger charge is -2.46. The summed E-state index contributed by atoms with van der Waals surface area (Å²) in [5, 5.41) is 18.0. The largest absolute Gasteiger partial charge is 0.388 e. The molecule has 2 amide bonds. The number of piperidine rings is 1. The number of rotatable bonds is 4. The van der Waals surface area contributed by atoms with Crippen molar-refractivity contribution in [1.82, 2.24) is 10.2 Å². The Balaban J connectivity index is 1.58. The molecule has 2 aliphatic rings. The monoisotopic (exact) mass is 396 g/mol. The Morgan fingerprint density at radius 1 is 1.14 bits per heavy atom. The van der Waals surface area contributed by atoms with Crippen molar-refractivity contribution in [1.29, 1.82) is 0 Å². The maximum Gasteiger partial charge on any atom is 0.254 e. The smallest absolute Gasteiger partial charge is 0.254 e. The van der Waals surface area contributed by atoms with Crippen molar-refractivity contribution in [2.45, 2.75) is 30.9 Å². The Hall–Kier alpha value is -2.44. The number of nitrogens with zero attached hydrogens (tertiary/aromatic N) is 1. The molecular formula is C22H24N2O3S. The summed E-state index contributed by atoms with van der Waals surface area (Å²) in [5.41, 5.74) is 0.640. The molecule has 2 atom stereocenters. The molecule has 1 aliphatic heterocycles. The van der Waals surface area contributed by atoms with Gasteiger partial charge in [0.15, 0.2) is 0 Å². The number of carbonyl (C=O) groups is 2. The van der Waals surface area contributed by atoms with E-state index in [-0.39, 0.29) is 24.3 Å². The van der Waals surface area contributed by atoms with E-state index in [2.05, 4.69) is 5.32 Å². The number of aliphatic hydroxyl groups is 1. The summed E-state index contributed by atoms with van der Waals surface area (Å²) in [6, 6.07) is 11.4. The fraction of sp³-hybridized carbons (Fsp3) is 0.364. The summed E-state index contributed by atoms with van der Waals surface area (Å²) in [5.74, 6) is -0.197. The van der Waals surface area contributed by atoms with Gasteiger partial charge < -0.3 is 15.3 Å². The number of hydrogen-bond donors (Lipinski definition) is 2. The van der Waals surface area contributed by atoms with Crippen LogP contribution in [0.2, 0.25) is 0 Å². The van der Waals surface area contributed by atoms with Crippen LogP contribution in [0.1, 0.15) is 35.2 Å². The molecule has 2 N–H and O–H groups in total. The fourth-order valence-electron chi connectivity index (χ4n) is 4.13. The number of aliphatic hydroxyl groups excluding tert-OH is 1. The molecule has 4 rings (SSSR count). The second kappa shape index (κ2) is 7.89. The third kappa shape index (κ3) is 3.50. The standard InChI is InChI=1S/C22H24N2O3S/c25-19-14-24(21(27)17-10-13-28-15-17)12-11-22(19,18-8-2-1-3-9-18)23-20(26)16-6-4-5-7-16/h1-5,8-10,13,15-16,19,25H,6-7,11-12,14H2,(H,23,26)/t19-,22+/m1/s1. The highest BCUT2D eigenvalue weighted by molar-refractivity contribution is 7.08. The number of amides is 2. The zero-order valence-corrected chi connectivity index (χ0v) is 16.4. The van der Waals surface area contributed by atoms with Crippen molar-refractivity contribution in [2.75, 3.05) is 13.1 Å². The Bertz CT molecular complexity index is 857. The number of benzene rings is 1. The number of carbonyl (C=O) groups excluding carboxylic acids is 2. The molecule has 0 unspecified atom stereocenters. The van der Waals surface area contributed by atoms with Crippen LogP contribution in [-0.4, -0.2) is 41.0 Å². The van der Waals surface area contributed by atoms with Gasteiger partial charge in [-0.2, -0.15) is 11.3 Å². The van der Waals surface area contributed by atoms with Crippen molar-refractivity contribution >= 4 is 23.2 Å². The lowest BCUT2D eigenvalue weighted by molar-refractivity contribution is -0.130. The maximum absolute atomic E-state index is 12.9. The zero-order valence-electron chi connectivity index (χ0n) is 15.6. The first-order valence-corrected chi connectivity index (χ1v) is 10.6. The lowest BCUT2D eigenvalue weighted by Crippen LogP contribution is -2.63. The molecule has 146 valence electrons. The van der Waals surface area contributed by atoms with Gasteiger partial charge in [0.25, 0.3) is 5.91 Å². The minimum atomic E-state index is -0.885. The van der Waals surface area contributed by atoms with Crippen LogP contribution in [0, 0.1) is 5.92 Å². The Kier molecular flexibility index (Phi) is 5.33. The summed E-state index contributed by atoms with van der Waals surface area (Å²) >= 11 is 1.48. The third-order valence-corrected chi connectivity index (χ3v) is 6.49. The molecule has 5 nitrogen and oxygen atoms in total. The van der Waals surface area contributed by atoms with E-state index in [1.807, 2.05) is 53.2 Å². The number of thiophene rings is 1. The molecule has 0 spiro atoms. The molecule has 2 aromatic rings. The van der Waals surface area contributed by atoms with Gasteiger partial charge in [-0.25, -0.2) is 0 Å². The normalized spacial score (nSPS) is 25.0.